The van der Waals surface area contributed by atoms with E-state index in [0.29, 0.717) is 17.9 Å². The lowest BCUT2D eigenvalue weighted by molar-refractivity contribution is -0.137. The quantitative estimate of drug-likeness (QED) is 0.901. The molecule has 0 spiro atoms. The number of carbonyl (C=O) groups excluding carboxylic acids is 1. The number of nitrogens with one attached hydrogen (secondary N) is 1. The zero-order valence-electron chi connectivity index (χ0n) is 15.8. The maximum atomic E-state index is 13.2. The largest absolute Gasteiger partial charge is 0.338 e. The molecule has 3 heterocycles. The lowest BCUT2D eigenvalue weighted by Crippen LogP contribution is -2.43. The number of likely N-dealkylation sites (N-methyl/N-ethyl adjacent to an activating group) is 2. The van der Waals surface area contributed by atoms with Crippen LogP contribution in [0, 0.1) is 5.92 Å². The second-order valence-corrected chi connectivity index (χ2v) is 8.46. The summed E-state index contributed by atoms with van der Waals surface area (Å²) in [4.78, 5) is 19.9. The molecule has 1 aliphatic carbocycles. The summed E-state index contributed by atoms with van der Waals surface area (Å²) in [7, 11) is 6.44. The van der Waals surface area contributed by atoms with Gasteiger partial charge < -0.3 is 14.7 Å². The van der Waals surface area contributed by atoms with Crippen LogP contribution in [0.25, 0.3) is 0 Å². The summed E-state index contributed by atoms with van der Waals surface area (Å²) in [5.41, 5.74) is 3.81. The van der Waals surface area contributed by atoms with Crippen molar-refractivity contribution in [3.8, 4) is 0 Å². The Morgan fingerprint density at radius 1 is 1.20 bits per heavy atom. The first kappa shape index (κ1) is 17.0. The Hall–Kier alpha value is -1.40. The van der Waals surface area contributed by atoms with Crippen molar-refractivity contribution in [2.45, 2.75) is 50.6 Å². The van der Waals surface area contributed by atoms with Gasteiger partial charge in [-0.15, -0.1) is 0 Å². The highest BCUT2D eigenvalue weighted by molar-refractivity contribution is 5.79. The fourth-order valence-corrected chi connectivity index (χ4v) is 4.47. The molecule has 1 saturated carbocycles. The third kappa shape index (κ3) is 3.47. The number of rotatable bonds is 3. The number of likely N-dealkylation sites (tertiary alicyclic amines) is 1. The number of fused-ring (bicyclic) bond motifs is 1. The van der Waals surface area contributed by atoms with Gasteiger partial charge in [-0.1, -0.05) is 0 Å². The van der Waals surface area contributed by atoms with E-state index in [1.54, 1.807) is 0 Å². The van der Waals surface area contributed by atoms with E-state index in [1.165, 1.54) is 29.8 Å². The molecule has 1 amide bonds. The first-order valence-corrected chi connectivity index (χ1v) is 9.72. The van der Waals surface area contributed by atoms with Crippen LogP contribution in [-0.2, 0) is 17.8 Å². The van der Waals surface area contributed by atoms with Gasteiger partial charge in [0.1, 0.15) is 0 Å². The van der Waals surface area contributed by atoms with E-state index in [2.05, 4.69) is 46.0 Å². The number of aromatic amines is 1. The number of H-pyrrole nitrogens is 1. The van der Waals surface area contributed by atoms with Gasteiger partial charge in [0.05, 0.1) is 11.6 Å². The van der Waals surface area contributed by atoms with Crippen LogP contribution < -0.4 is 0 Å². The van der Waals surface area contributed by atoms with Crippen molar-refractivity contribution >= 4 is 5.91 Å². The molecule has 0 bridgehead atoms. The smallest absolute Gasteiger partial charge is 0.227 e. The third-order valence-electron chi connectivity index (χ3n) is 6.22. The van der Waals surface area contributed by atoms with Gasteiger partial charge in [-0.05, 0) is 46.8 Å². The van der Waals surface area contributed by atoms with E-state index >= 15 is 0 Å². The van der Waals surface area contributed by atoms with Gasteiger partial charge in [-0.2, -0.15) is 5.10 Å². The normalized spacial score (nSPS) is 28.1. The molecule has 25 heavy (non-hydrogen) atoms. The average molecular weight is 345 g/mol. The minimum absolute atomic E-state index is 0.132. The standard InChI is InChI=1S/C19H31N5O/c1-22(2)15-7-6-14(10-23(3)11-15)19(25)24-9-8-17-16(12-24)18(21-20-17)13-4-5-13/h13-15H,4-12H2,1-3H3,(H,20,21)/t14-,15+/m1/s1. The van der Waals surface area contributed by atoms with E-state index in [9.17, 15) is 4.79 Å². The summed E-state index contributed by atoms with van der Waals surface area (Å²) in [6.45, 7) is 3.52. The zero-order chi connectivity index (χ0) is 17.6. The van der Waals surface area contributed by atoms with Gasteiger partial charge in [0.25, 0.3) is 0 Å². The number of carbonyl (C=O) groups is 1. The Bertz CT molecular complexity index is 636. The summed E-state index contributed by atoms with van der Waals surface area (Å²) >= 11 is 0. The summed E-state index contributed by atoms with van der Waals surface area (Å²) in [5, 5.41) is 7.77. The highest BCUT2D eigenvalue weighted by atomic mass is 16.2. The number of aromatic nitrogens is 2. The molecule has 6 nitrogen and oxygen atoms in total. The fourth-order valence-electron chi connectivity index (χ4n) is 4.47. The number of hydrogen-bond acceptors (Lipinski definition) is 4. The van der Waals surface area contributed by atoms with Crippen molar-refractivity contribution in [3.63, 3.8) is 0 Å². The molecule has 138 valence electrons. The Morgan fingerprint density at radius 3 is 2.72 bits per heavy atom. The van der Waals surface area contributed by atoms with Crippen LogP contribution in [0.5, 0.6) is 0 Å². The van der Waals surface area contributed by atoms with Gasteiger partial charge in [-0.25, -0.2) is 0 Å². The predicted molar refractivity (Wildman–Crippen MR) is 97.4 cm³/mol. The zero-order valence-corrected chi connectivity index (χ0v) is 15.8. The SMILES string of the molecule is CN1C[C@H](C(=O)N2CCc3[nH]nc(C4CC4)c3C2)CC[C@H](N(C)C)C1. The van der Waals surface area contributed by atoms with Gasteiger partial charge in [0.15, 0.2) is 0 Å². The molecule has 4 rings (SSSR count). The first-order valence-electron chi connectivity index (χ1n) is 9.72. The minimum Gasteiger partial charge on any atom is -0.338 e. The van der Waals surface area contributed by atoms with Crippen LogP contribution in [0.4, 0.5) is 0 Å². The lowest BCUT2D eigenvalue weighted by Gasteiger charge is -2.31. The summed E-state index contributed by atoms with van der Waals surface area (Å²) in [6, 6.07) is 0.547. The number of hydrogen-bond donors (Lipinski definition) is 1. The molecule has 1 saturated heterocycles. The maximum Gasteiger partial charge on any atom is 0.227 e. The van der Waals surface area contributed by atoms with Gasteiger partial charge >= 0.3 is 0 Å². The van der Waals surface area contributed by atoms with Crippen LogP contribution >= 0.6 is 0 Å². The minimum atomic E-state index is 0.132. The lowest BCUT2D eigenvalue weighted by atomic mass is 9.97. The van der Waals surface area contributed by atoms with E-state index in [0.717, 1.165) is 45.4 Å². The van der Waals surface area contributed by atoms with Crippen LogP contribution in [0.3, 0.4) is 0 Å². The molecule has 6 heteroatoms. The first-order chi connectivity index (χ1) is 12.0. The Morgan fingerprint density at radius 2 is 2.00 bits per heavy atom. The number of nitrogens with zero attached hydrogens (tertiary/aromatic N) is 4. The molecule has 0 aromatic carbocycles. The molecule has 2 fully saturated rings. The van der Waals surface area contributed by atoms with Crippen molar-refractivity contribution in [1.82, 2.24) is 24.9 Å². The fraction of sp³-hybridized carbons (Fsp3) is 0.789. The summed E-state index contributed by atoms with van der Waals surface area (Å²) in [5.74, 6) is 1.12. The second kappa shape index (κ2) is 6.72. The molecule has 0 radical (unpaired) electrons. The molecule has 3 aliphatic rings. The van der Waals surface area contributed by atoms with E-state index in [-0.39, 0.29) is 5.92 Å². The molecular formula is C19H31N5O. The van der Waals surface area contributed by atoms with Crippen LogP contribution in [0.1, 0.15) is 48.6 Å². The molecule has 1 aromatic heterocycles. The maximum absolute atomic E-state index is 13.2. The summed E-state index contributed by atoms with van der Waals surface area (Å²) in [6.07, 6.45) is 5.53. The second-order valence-electron chi connectivity index (χ2n) is 8.46. The van der Waals surface area contributed by atoms with E-state index < -0.39 is 0 Å². The van der Waals surface area contributed by atoms with Crippen LogP contribution in [0.15, 0.2) is 0 Å². The highest BCUT2D eigenvalue weighted by Crippen LogP contribution is 2.42. The summed E-state index contributed by atoms with van der Waals surface area (Å²) < 4.78 is 0. The molecule has 1 aromatic rings. The molecular weight excluding hydrogens is 314 g/mol. The number of amides is 1. The monoisotopic (exact) mass is 345 g/mol. The Balaban J connectivity index is 1.45. The van der Waals surface area contributed by atoms with Gasteiger partial charge in [0.2, 0.25) is 5.91 Å². The molecule has 1 N–H and O–H groups in total. The van der Waals surface area contributed by atoms with E-state index in [1.807, 2.05) is 0 Å². The Labute approximate surface area is 150 Å². The van der Waals surface area contributed by atoms with Crippen molar-refractivity contribution in [2.24, 2.45) is 5.92 Å². The highest BCUT2D eigenvalue weighted by Gasteiger charge is 2.35. The van der Waals surface area contributed by atoms with Crippen LogP contribution in [-0.4, -0.2) is 77.6 Å². The van der Waals surface area contributed by atoms with E-state index in [4.69, 9.17) is 0 Å². The average Bonchev–Trinajstić information content (AvgIpc) is 3.37. The van der Waals surface area contributed by atoms with Gasteiger partial charge in [-0.3, -0.25) is 9.89 Å². The predicted octanol–water partition coefficient (Wildman–Crippen LogP) is 1.44. The van der Waals surface area contributed by atoms with Crippen molar-refractivity contribution in [2.75, 3.05) is 40.8 Å². The van der Waals surface area contributed by atoms with Crippen LogP contribution in [0.2, 0.25) is 0 Å². The van der Waals surface area contributed by atoms with Gasteiger partial charge in [0, 0.05) is 55.8 Å². The third-order valence-corrected chi connectivity index (χ3v) is 6.22. The van der Waals surface area contributed by atoms with Crippen molar-refractivity contribution in [1.29, 1.82) is 0 Å². The Kier molecular flexibility index (Phi) is 4.58. The molecule has 2 atom stereocenters. The topological polar surface area (TPSA) is 55.5 Å². The van der Waals surface area contributed by atoms with Crippen molar-refractivity contribution < 1.29 is 4.79 Å². The van der Waals surface area contributed by atoms with Crippen molar-refractivity contribution in [3.05, 3.63) is 17.0 Å². The molecule has 0 unspecified atom stereocenters. The molecule has 2 aliphatic heterocycles.